The molecule has 0 saturated carbocycles. The second-order valence-electron chi connectivity index (χ2n) is 7.83. The van der Waals surface area contributed by atoms with Crippen LogP contribution in [-0.4, -0.2) is 78.5 Å². The normalized spacial score (nSPS) is 20.2. The molecule has 160 valence electrons. The van der Waals surface area contributed by atoms with Crippen LogP contribution in [0.2, 0.25) is 0 Å². The maximum Gasteiger partial charge on any atom is 0.253 e. The Balaban J connectivity index is 0.00000196. The number of nitrogens with one attached hydrogen (secondary N) is 1. The number of rotatable bonds is 6. The van der Waals surface area contributed by atoms with Crippen molar-refractivity contribution in [3.05, 3.63) is 35.4 Å². The van der Waals surface area contributed by atoms with Crippen molar-refractivity contribution in [1.82, 2.24) is 20.0 Å². The van der Waals surface area contributed by atoms with Crippen LogP contribution in [-0.2, 0) is 6.54 Å². The van der Waals surface area contributed by atoms with E-state index in [-0.39, 0.29) is 30.7 Å². The average Bonchev–Trinajstić information content (AvgIpc) is 3.16. The van der Waals surface area contributed by atoms with Crippen LogP contribution in [0, 0.1) is 0 Å². The van der Waals surface area contributed by atoms with E-state index in [1.807, 2.05) is 17.0 Å². The van der Waals surface area contributed by atoms with E-state index in [2.05, 4.69) is 48.0 Å². The highest BCUT2D eigenvalue weighted by Gasteiger charge is 2.31. The Labute approximate surface area is 182 Å². The third-order valence-corrected chi connectivity index (χ3v) is 5.84. The van der Waals surface area contributed by atoms with Crippen molar-refractivity contribution >= 4 is 30.7 Å². The third-order valence-electron chi connectivity index (χ3n) is 5.84. The zero-order valence-corrected chi connectivity index (χ0v) is 19.0. The third kappa shape index (κ3) is 6.33. The van der Waals surface area contributed by atoms with Crippen LogP contribution in [0.15, 0.2) is 24.3 Å². The Morgan fingerprint density at radius 3 is 2.36 bits per heavy atom. The molecule has 28 heavy (non-hydrogen) atoms. The van der Waals surface area contributed by atoms with Crippen molar-refractivity contribution in [2.45, 2.75) is 45.8 Å². The summed E-state index contributed by atoms with van der Waals surface area (Å²) in [6.07, 6.45) is 1.10. The molecule has 3 rings (SSSR count). The fraction of sp³-hybridized carbons (Fsp3) is 0.667. The zero-order valence-electron chi connectivity index (χ0n) is 17.4. The summed E-state index contributed by atoms with van der Waals surface area (Å²) in [6.45, 7) is 14.7. The fourth-order valence-electron chi connectivity index (χ4n) is 4.10. The second-order valence-corrected chi connectivity index (χ2v) is 7.83. The molecule has 0 bridgehead atoms. The van der Waals surface area contributed by atoms with Crippen LogP contribution in [0.4, 0.5) is 0 Å². The number of amides is 1. The first-order chi connectivity index (χ1) is 12.6. The molecule has 1 atom stereocenters. The molecule has 2 aliphatic rings. The second kappa shape index (κ2) is 12.0. The molecule has 1 unspecified atom stereocenters. The Morgan fingerprint density at radius 2 is 1.79 bits per heavy atom. The number of benzene rings is 1. The summed E-state index contributed by atoms with van der Waals surface area (Å²) in [5, 5.41) is 3.40. The lowest BCUT2D eigenvalue weighted by atomic mass is 10.1. The van der Waals surface area contributed by atoms with Crippen LogP contribution in [0.3, 0.4) is 0 Å². The minimum absolute atomic E-state index is 0. The van der Waals surface area contributed by atoms with Gasteiger partial charge in [0.15, 0.2) is 0 Å². The molecule has 0 radical (unpaired) electrons. The highest BCUT2D eigenvalue weighted by Crippen LogP contribution is 2.19. The molecule has 0 aliphatic carbocycles. The number of likely N-dealkylation sites (tertiary alicyclic amines) is 1. The number of hydrogen-bond acceptors (Lipinski definition) is 4. The molecule has 1 aromatic rings. The molecular weight excluding hydrogens is 395 g/mol. The summed E-state index contributed by atoms with van der Waals surface area (Å²) in [7, 11) is 0. The van der Waals surface area contributed by atoms with Crippen molar-refractivity contribution < 1.29 is 4.79 Å². The largest absolute Gasteiger partial charge is 0.337 e. The Hall–Kier alpha value is -0.850. The van der Waals surface area contributed by atoms with Crippen molar-refractivity contribution in [3.8, 4) is 0 Å². The van der Waals surface area contributed by atoms with E-state index in [1.54, 1.807) is 0 Å². The van der Waals surface area contributed by atoms with E-state index >= 15 is 0 Å². The first kappa shape index (κ1) is 25.2. The minimum atomic E-state index is 0. The number of hydrogen-bond donors (Lipinski definition) is 1. The van der Waals surface area contributed by atoms with Gasteiger partial charge < -0.3 is 10.2 Å². The van der Waals surface area contributed by atoms with E-state index in [1.165, 1.54) is 5.56 Å². The summed E-state index contributed by atoms with van der Waals surface area (Å²) >= 11 is 0. The summed E-state index contributed by atoms with van der Waals surface area (Å²) < 4.78 is 0. The summed E-state index contributed by atoms with van der Waals surface area (Å²) in [6, 6.07) is 9.30. The lowest BCUT2D eigenvalue weighted by molar-refractivity contribution is 0.0773. The van der Waals surface area contributed by atoms with Gasteiger partial charge in [-0.1, -0.05) is 19.1 Å². The summed E-state index contributed by atoms with van der Waals surface area (Å²) in [5.74, 6) is 0.186. The van der Waals surface area contributed by atoms with Gasteiger partial charge in [0.05, 0.1) is 0 Å². The van der Waals surface area contributed by atoms with Crippen LogP contribution in [0.5, 0.6) is 0 Å². The van der Waals surface area contributed by atoms with Crippen molar-refractivity contribution in [2.75, 3.05) is 45.8 Å². The number of carbonyl (C=O) groups excluding carboxylic acids is 1. The van der Waals surface area contributed by atoms with Gasteiger partial charge in [0, 0.05) is 63.5 Å². The van der Waals surface area contributed by atoms with Crippen molar-refractivity contribution in [2.24, 2.45) is 0 Å². The van der Waals surface area contributed by atoms with Gasteiger partial charge >= 0.3 is 0 Å². The summed E-state index contributed by atoms with van der Waals surface area (Å²) in [4.78, 5) is 19.9. The number of nitrogens with zero attached hydrogens (tertiary/aromatic N) is 3. The lowest BCUT2D eigenvalue weighted by Crippen LogP contribution is -2.49. The number of piperazine rings is 1. The van der Waals surface area contributed by atoms with Gasteiger partial charge in [-0.25, -0.2) is 0 Å². The van der Waals surface area contributed by atoms with Gasteiger partial charge in [0.25, 0.3) is 5.91 Å². The minimum Gasteiger partial charge on any atom is -0.337 e. The standard InChI is InChI=1S/C21H34N4O.2ClH/c1-4-23(17(2)3)15-18-5-7-19(8-6-18)21(26)25-12-9-20(16-25)24-13-10-22-11-14-24;;/h5-8,17,20,22H,4,9-16H2,1-3H3;2*1H. The van der Waals surface area contributed by atoms with Gasteiger partial charge in [0.1, 0.15) is 0 Å². The maximum absolute atomic E-state index is 12.9. The van der Waals surface area contributed by atoms with Gasteiger partial charge in [0.2, 0.25) is 0 Å². The molecule has 2 aliphatic heterocycles. The van der Waals surface area contributed by atoms with E-state index in [9.17, 15) is 4.79 Å². The van der Waals surface area contributed by atoms with Crippen LogP contribution in [0.25, 0.3) is 0 Å². The van der Waals surface area contributed by atoms with Crippen LogP contribution >= 0.6 is 24.8 Å². The van der Waals surface area contributed by atoms with Gasteiger partial charge in [-0.3, -0.25) is 14.6 Å². The topological polar surface area (TPSA) is 38.8 Å². The van der Waals surface area contributed by atoms with Gasteiger partial charge in [-0.15, -0.1) is 24.8 Å². The van der Waals surface area contributed by atoms with E-state index in [4.69, 9.17) is 0 Å². The zero-order chi connectivity index (χ0) is 18.5. The fourth-order valence-corrected chi connectivity index (χ4v) is 4.10. The Kier molecular flexibility index (Phi) is 10.8. The molecule has 2 saturated heterocycles. The highest BCUT2D eigenvalue weighted by molar-refractivity contribution is 5.94. The molecular formula is C21H36Cl2N4O. The van der Waals surface area contributed by atoms with E-state index in [0.717, 1.165) is 64.3 Å². The summed E-state index contributed by atoms with van der Waals surface area (Å²) in [5.41, 5.74) is 2.10. The molecule has 1 aromatic carbocycles. The van der Waals surface area contributed by atoms with E-state index in [0.29, 0.717) is 12.1 Å². The molecule has 1 amide bonds. The van der Waals surface area contributed by atoms with Gasteiger partial charge in [-0.2, -0.15) is 0 Å². The van der Waals surface area contributed by atoms with E-state index < -0.39 is 0 Å². The molecule has 0 spiro atoms. The molecule has 0 aromatic heterocycles. The monoisotopic (exact) mass is 430 g/mol. The molecule has 2 heterocycles. The smallest absolute Gasteiger partial charge is 0.253 e. The van der Waals surface area contributed by atoms with Crippen molar-refractivity contribution in [1.29, 1.82) is 0 Å². The average molecular weight is 431 g/mol. The molecule has 2 fully saturated rings. The lowest BCUT2D eigenvalue weighted by Gasteiger charge is -2.32. The van der Waals surface area contributed by atoms with Crippen molar-refractivity contribution in [3.63, 3.8) is 0 Å². The predicted molar refractivity (Wildman–Crippen MR) is 121 cm³/mol. The molecule has 1 N–H and O–H groups in total. The molecule has 7 heteroatoms. The predicted octanol–water partition coefficient (Wildman–Crippen LogP) is 2.88. The first-order valence-corrected chi connectivity index (χ1v) is 10.2. The van der Waals surface area contributed by atoms with Crippen LogP contribution < -0.4 is 5.32 Å². The quantitative estimate of drug-likeness (QED) is 0.752. The Morgan fingerprint density at radius 1 is 1.14 bits per heavy atom. The maximum atomic E-state index is 12.9. The number of carbonyl (C=O) groups is 1. The SMILES string of the molecule is CCN(Cc1ccc(C(=O)N2CCC(N3CCNCC3)C2)cc1)C(C)C.Cl.Cl. The number of halogens is 2. The molecule has 5 nitrogen and oxygen atoms in total. The van der Waals surface area contributed by atoms with Crippen LogP contribution in [0.1, 0.15) is 43.1 Å². The first-order valence-electron chi connectivity index (χ1n) is 10.2. The Bertz CT molecular complexity index is 591. The highest BCUT2D eigenvalue weighted by atomic mass is 35.5. The van der Waals surface area contributed by atoms with Gasteiger partial charge in [-0.05, 0) is 44.5 Å².